The van der Waals surface area contributed by atoms with Crippen molar-refractivity contribution < 1.29 is 15.3 Å². The van der Waals surface area contributed by atoms with Crippen molar-refractivity contribution in [1.29, 1.82) is 0 Å². The van der Waals surface area contributed by atoms with E-state index in [0.29, 0.717) is 33.6 Å². The summed E-state index contributed by atoms with van der Waals surface area (Å²) in [7, 11) is 0. The summed E-state index contributed by atoms with van der Waals surface area (Å²) >= 11 is 0. The first-order chi connectivity index (χ1) is 17.0. The molecule has 8 heteroatoms. The Balaban J connectivity index is 1.49. The van der Waals surface area contributed by atoms with Crippen LogP contribution < -0.4 is 11.0 Å². The lowest BCUT2D eigenvalue weighted by atomic mass is 10.0. The van der Waals surface area contributed by atoms with Crippen molar-refractivity contribution in [2.75, 3.05) is 5.43 Å². The third kappa shape index (κ3) is 4.40. The van der Waals surface area contributed by atoms with Crippen molar-refractivity contribution >= 4 is 22.2 Å². The summed E-state index contributed by atoms with van der Waals surface area (Å²) in [5, 5.41) is 42.3. The van der Waals surface area contributed by atoms with Gasteiger partial charge in [0.2, 0.25) is 0 Å². The molecule has 0 aliphatic carbocycles. The number of phenolic OH excluding ortho intramolecular Hbond substituents is 3. The Bertz CT molecular complexity index is 1610. The van der Waals surface area contributed by atoms with Gasteiger partial charge < -0.3 is 15.3 Å². The van der Waals surface area contributed by atoms with Crippen LogP contribution in [0.25, 0.3) is 22.0 Å². The molecule has 5 N–H and O–H groups in total. The maximum absolute atomic E-state index is 12.1. The number of hydrogen-bond acceptors (Lipinski definition) is 7. The van der Waals surface area contributed by atoms with Crippen molar-refractivity contribution in [2.24, 2.45) is 5.10 Å². The number of aromatic hydroxyl groups is 3. The molecule has 0 radical (unpaired) electrons. The standard InChI is InChI=1S/C27H20N4O4/c32-19-11-7-17(8-12-19)26(23-14-13-20(33)15-24(23)34)29-28-18-9-5-16(6-10-18)25-21-3-1-2-4-22(21)27(35)31-30-25/h1-15,28,32-34H,(H,31,35)/b29-26-. The van der Waals surface area contributed by atoms with Crippen LogP contribution in [-0.4, -0.2) is 31.2 Å². The van der Waals surface area contributed by atoms with Gasteiger partial charge in [0.05, 0.1) is 16.8 Å². The molecule has 0 fully saturated rings. The van der Waals surface area contributed by atoms with Crippen LogP contribution in [0.1, 0.15) is 11.1 Å². The Hall–Kier alpha value is -5.11. The summed E-state index contributed by atoms with van der Waals surface area (Å²) in [6.07, 6.45) is 0. The molecule has 35 heavy (non-hydrogen) atoms. The quantitative estimate of drug-likeness (QED) is 0.191. The van der Waals surface area contributed by atoms with E-state index in [1.165, 1.54) is 24.3 Å². The fourth-order valence-corrected chi connectivity index (χ4v) is 3.78. The molecular formula is C27H20N4O4. The molecule has 0 aliphatic heterocycles. The third-order valence-corrected chi connectivity index (χ3v) is 5.53. The smallest absolute Gasteiger partial charge is 0.272 e. The minimum atomic E-state index is -0.240. The largest absolute Gasteiger partial charge is 0.508 e. The molecule has 0 atom stereocenters. The number of phenols is 3. The number of aromatic amines is 1. The van der Waals surface area contributed by atoms with E-state index in [-0.39, 0.29) is 22.8 Å². The Morgan fingerprint density at radius 2 is 1.49 bits per heavy atom. The zero-order valence-electron chi connectivity index (χ0n) is 18.3. The fourth-order valence-electron chi connectivity index (χ4n) is 3.78. The van der Waals surface area contributed by atoms with Crippen LogP contribution in [0.2, 0.25) is 0 Å². The fraction of sp³-hybridized carbons (Fsp3) is 0. The zero-order valence-corrected chi connectivity index (χ0v) is 18.3. The normalized spacial score (nSPS) is 11.5. The van der Waals surface area contributed by atoms with Gasteiger partial charge >= 0.3 is 0 Å². The summed E-state index contributed by atoms with van der Waals surface area (Å²) in [5.41, 5.74) is 6.39. The number of hydrazone groups is 1. The van der Waals surface area contributed by atoms with Gasteiger partial charge in [0, 0.05) is 28.1 Å². The number of aromatic nitrogens is 2. The van der Waals surface area contributed by atoms with Crippen LogP contribution in [0.4, 0.5) is 5.69 Å². The monoisotopic (exact) mass is 464 g/mol. The van der Waals surface area contributed by atoms with Gasteiger partial charge in [-0.2, -0.15) is 10.2 Å². The molecule has 0 saturated heterocycles. The van der Waals surface area contributed by atoms with Gasteiger partial charge in [-0.25, -0.2) is 5.10 Å². The lowest BCUT2D eigenvalue weighted by Gasteiger charge is -2.11. The van der Waals surface area contributed by atoms with Crippen LogP contribution >= 0.6 is 0 Å². The highest BCUT2D eigenvalue weighted by Gasteiger charge is 2.13. The molecule has 8 nitrogen and oxygen atoms in total. The van der Waals surface area contributed by atoms with Gasteiger partial charge in [0.15, 0.2) is 0 Å². The Morgan fingerprint density at radius 3 is 2.20 bits per heavy atom. The molecule has 0 amide bonds. The average molecular weight is 464 g/mol. The number of nitrogens with zero attached hydrogens (tertiary/aromatic N) is 2. The molecule has 0 unspecified atom stereocenters. The number of rotatable bonds is 5. The van der Waals surface area contributed by atoms with Gasteiger partial charge in [-0.05, 0) is 54.6 Å². The molecule has 1 aromatic heterocycles. The van der Waals surface area contributed by atoms with E-state index in [1.807, 2.05) is 42.5 Å². The maximum atomic E-state index is 12.1. The Labute approximate surface area is 199 Å². The van der Waals surface area contributed by atoms with Gasteiger partial charge in [0.1, 0.15) is 23.0 Å². The number of nitrogens with one attached hydrogen (secondary N) is 2. The van der Waals surface area contributed by atoms with E-state index >= 15 is 0 Å². The van der Waals surface area contributed by atoms with E-state index in [0.717, 1.165) is 10.9 Å². The molecule has 0 spiro atoms. The molecule has 172 valence electrons. The number of benzene rings is 4. The van der Waals surface area contributed by atoms with E-state index in [1.54, 1.807) is 24.3 Å². The lowest BCUT2D eigenvalue weighted by molar-refractivity contribution is 0.450. The second-order valence-corrected chi connectivity index (χ2v) is 7.84. The Kier molecular flexibility index (Phi) is 5.60. The highest BCUT2D eigenvalue weighted by Crippen LogP contribution is 2.28. The molecule has 5 rings (SSSR count). The van der Waals surface area contributed by atoms with Crippen molar-refractivity contribution in [2.45, 2.75) is 0 Å². The van der Waals surface area contributed by atoms with Crippen LogP contribution in [0.3, 0.4) is 0 Å². The molecule has 5 aromatic rings. The van der Waals surface area contributed by atoms with Crippen LogP contribution in [0, 0.1) is 0 Å². The molecule has 0 bridgehead atoms. The predicted octanol–water partition coefficient (Wildman–Crippen LogP) is 4.57. The second-order valence-electron chi connectivity index (χ2n) is 7.84. The number of H-pyrrole nitrogens is 1. The summed E-state index contributed by atoms with van der Waals surface area (Å²) in [6.45, 7) is 0. The molecule has 0 saturated carbocycles. The first-order valence-electron chi connectivity index (χ1n) is 10.7. The summed E-state index contributed by atoms with van der Waals surface area (Å²) in [5.74, 6) is -0.0943. The minimum absolute atomic E-state index is 0.0664. The molecular weight excluding hydrogens is 444 g/mol. The molecule has 1 heterocycles. The van der Waals surface area contributed by atoms with Crippen molar-refractivity contribution in [3.05, 3.63) is 112 Å². The SMILES string of the molecule is O=c1[nH]nc(-c2ccc(N/N=C(/c3ccc(O)cc3)c3ccc(O)cc3O)cc2)c2ccccc12. The number of fused-ring (bicyclic) bond motifs is 1. The van der Waals surface area contributed by atoms with E-state index in [2.05, 4.69) is 20.7 Å². The first-order valence-corrected chi connectivity index (χ1v) is 10.7. The number of hydrogen-bond donors (Lipinski definition) is 5. The van der Waals surface area contributed by atoms with Crippen LogP contribution in [0.5, 0.6) is 17.2 Å². The number of anilines is 1. The highest BCUT2D eigenvalue weighted by molar-refractivity contribution is 6.14. The first kappa shape index (κ1) is 21.7. The van der Waals surface area contributed by atoms with Crippen molar-refractivity contribution in [3.63, 3.8) is 0 Å². The highest BCUT2D eigenvalue weighted by atomic mass is 16.3. The predicted molar refractivity (Wildman–Crippen MR) is 135 cm³/mol. The summed E-state index contributed by atoms with van der Waals surface area (Å²) < 4.78 is 0. The molecule has 0 aliphatic rings. The maximum Gasteiger partial charge on any atom is 0.272 e. The van der Waals surface area contributed by atoms with E-state index < -0.39 is 0 Å². The average Bonchev–Trinajstić information content (AvgIpc) is 2.87. The molecule has 4 aromatic carbocycles. The topological polar surface area (TPSA) is 131 Å². The van der Waals surface area contributed by atoms with Crippen molar-refractivity contribution in [3.8, 4) is 28.5 Å². The minimum Gasteiger partial charge on any atom is -0.508 e. The Morgan fingerprint density at radius 1 is 0.800 bits per heavy atom. The van der Waals surface area contributed by atoms with Crippen LogP contribution in [0.15, 0.2) is 101 Å². The van der Waals surface area contributed by atoms with Gasteiger partial charge in [0.25, 0.3) is 5.56 Å². The zero-order chi connectivity index (χ0) is 24.4. The third-order valence-electron chi connectivity index (χ3n) is 5.53. The summed E-state index contributed by atoms with van der Waals surface area (Å²) in [6, 6.07) is 25.3. The second kappa shape index (κ2) is 9.03. The summed E-state index contributed by atoms with van der Waals surface area (Å²) in [4.78, 5) is 12.1. The van der Waals surface area contributed by atoms with Gasteiger partial charge in [-0.3, -0.25) is 10.2 Å². The van der Waals surface area contributed by atoms with Gasteiger partial charge in [-0.1, -0.05) is 30.3 Å². The van der Waals surface area contributed by atoms with E-state index in [9.17, 15) is 20.1 Å². The van der Waals surface area contributed by atoms with Crippen molar-refractivity contribution in [1.82, 2.24) is 10.2 Å². The van der Waals surface area contributed by atoms with Gasteiger partial charge in [-0.15, -0.1) is 0 Å². The van der Waals surface area contributed by atoms with E-state index in [4.69, 9.17) is 0 Å². The van der Waals surface area contributed by atoms with Crippen LogP contribution in [-0.2, 0) is 0 Å². The lowest BCUT2D eigenvalue weighted by Crippen LogP contribution is -2.09.